The lowest BCUT2D eigenvalue weighted by Crippen LogP contribution is -2.48. The van der Waals surface area contributed by atoms with Crippen LogP contribution in [-0.4, -0.2) is 64.2 Å². The van der Waals surface area contributed by atoms with E-state index in [1.54, 1.807) is 17.8 Å². The number of halogens is 1. The van der Waals surface area contributed by atoms with Gasteiger partial charge in [0.25, 0.3) is 0 Å². The van der Waals surface area contributed by atoms with Crippen LogP contribution in [0.4, 0.5) is 5.69 Å². The van der Waals surface area contributed by atoms with Crippen molar-refractivity contribution in [1.29, 1.82) is 0 Å². The molecule has 2 heterocycles. The van der Waals surface area contributed by atoms with Gasteiger partial charge in [0.1, 0.15) is 0 Å². The van der Waals surface area contributed by atoms with Crippen molar-refractivity contribution in [3.05, 3.63) is 53.6 Å². The quantitative estimate of drug-likeness (QED) is 0.606. The molecule has 152 valence electrons. The second kappa shape index (κ2) is 9.17. The second-order valence-corrected chi connectivity index (χ2v) is 8.26. The van der Waals surface area contributed by atoms with E-state index in [-0.39, 0.29) is 5.91 Å². The van der Waals surface area contributed by atoms with Crippen LogP contribution in [0, 0.1) is 0 Å². The van der Waals surface area contributed by atoms with Gasteiger partial charge in [0.2, 0.25) is 5.91 Å². The molecule has 1 aromatic heterocycles. The van der Waals surface area contributed by atoms with E-state index in [9.17, 15) is 4.79 Å². The summed E-state index contributed by atoms with van der Waals surface area (Å²) in [5.41, 5.74) is 2.86. The molecule has 1 fully saturated rings. The number of hydrogen-bond acceptors (Lipinski definition) is 5. The Morgan fingerprint density at radius 3 is 2.52 bits per heavy atom. The third kappa shape index (κ3) is 4.75. The van der Waals surface area contributed by atoms with Gasteiger partial charge < -0.3 is 9.88 Å². The molecule has 2 aromatic carbocycles. The molecule has 0 radical (unpaired) electrons. The van der Waals surface area contributed by atoms with Crippen molar-refractivity contribution >= 4 is 46.0 Å². The Kier molecular flexibility index (Phi) is 6.40. The predicted octanol–water partition coefficient (Wildman–Crippen LogP) is 3.63. The average Bonchev–Trinajstić information content (AvgIpc) is 3.09. The molecule has 1 aliphatic rings. The highest BCUT2D eigenvalue weighted by molar-refractivity contribution is 7.98. The Morgan fingerprint density at radius 2 is 1.76 bits per heavy atom. The van der Waals surface area contributed by atoms with E-state index in [4.69, 9.17) is 16.6 Å². The number of amides is 1. The third-order valence-electron chi connectivity index (χ3n) is 5.12. The fourth-order valence-electron chi connectivity index (χ4n) is 3.59. The van der Waals surface area contributed by atoms with Gasteiger partial charge in [-0.2, -0.15) is 0 Å². The predicted molar refractivity (Wildman–Crippen MR) is 120 cm³/mol. The zero-order valence-corrected chi connectivity index (χ0v) is 17.9. The lowest BCUT2D eigenvalue weighted by atomic mass is 10.3. The topological polar surface area (TPSA) is 53.4 Å². The number of benzene rings is 2. The van der Waals surface area contributed by atoms with E-state index < -0.39 is 0 Å². The number of para-hydroxylation sites is 3. The molecule has 6 nitrogen and oxygen atoms in total. The summed E-state index contributed by atoms with van der Waals surface area (Å²) in [5, 5.41) is 4.49. The summed E-state index contributed by atoms with van der Waals surface area (Å²) >= 11 is 7.79. The Balaban J connectivity index is 1.32. The van der Waals surface area contributed by atoms with Crippen molar-refractivity contribution in [3.8, 4) is 0 Å². The van der Waals surface area contributed by atoms with Crippen molar-refractivity contribution in [2.75, 3.05) is 44.3 Å². The zero-order valence-electron chi connectivity index (χ0n) is 16.3. The summed E-state index contributed by atoms with van der Waals surface area (Å²) < 4.78 is 2.28. The van der Waals surface area contributed by atoms with Crippen molar-refractivity contribution < 1.29 is 4.79 Å². The Bertz CT molecular complexity index is 1000. The normalized spacial score (nSPS) is 15.7. The number of nitrogens with zero attached hydrogens (tertiary/aromatic N) is 4. The third-order valence-corrected chi connectivity index (χ3v) is 6.13. The number of thioether (sulfide) groups is 1. The lowest BCUT2D eigenvalue weighted by molar-refractivity contribution is -0.117. The molecule has 0 atom stereocenters. The molecule has 8 heteroatoms. The summed E-state index contributed by atoms with van der Waals surface area (Å²) in [6, 6.07) is 15.6. The van der Waals surface area contributed by atoms with E-state index in [0.717, 1.165) is 43.5 Å². The number of rotatable bonds is 6. The van der Waals surface area contributed by atoms with Gasteiger partial charge in [-0.25, -0.2) is 4.98 Å². The minimum atomic E-state index is -0.0307. The zero-order chi connectivity index (χ0) is 20.2. The van der Waals surface area contributed by atoms with Gasteiger partial charge in [-0.1, -0.05) is 47.6 Å². The molecule has 0 unspecified atom stereocenters. The van der Waals surface area contributed by atoms with Crippen molar-refractivity contribution in [1.82, 2.24) is 19.4 Å². The molecule has 1 aliphatic heterocycles. The molecule has 0 bridgehead atoms. The number of nitrogens with one attached hydrogen (secondary N) is 1. The summed E-state index contributed by atoms with van der Waals surface area (Å²) in [7, 11) is 0. The molecule has 1 amide bonds. The Labute approximate surface area is 179 Å². The summed E-state index contributed by atoms with van der Waals surface area (Å²) in [4.78, 5) is 21.7. The number of imidazole rings is 1. The van der Waals surface area contributed by atoms with Crippen LogP contribution < -0.4 is 5.32 Å². The molecular formula is C21H24ClN5OS. The number of fused-ring (bicyclic) bond motifs is 1. The molecule has 1 saturated heterocycles. The second-order valence-electron chi connectivity index (χ2n) is 7.08. The van der Waals surface area contributed by atoms with Crippen molar-refractivity contribution in [2.24, 2.45) is 0 Å². The van der Waals surface area contributed by atoms with Gasteiger partial charge in [0, 0.05) is 26.2 Å². The molecule has 3 aromatic rings. The standard InChI is InChI=1S/C21H24ClN5OS/c1-29-21-24-18-8-4-5-9-19(18)27(21)15-26-12-10-25(11-13-26)14-20(28)23-17-7-3-2-6-16(17)22/h2-9H,10-15H2,1H3,(H,23,28). The van der Waals surface area contributed by atoms with Gasteiger partial charge >= 0.3 is 0 Å². The van der Waals surface area contributed by atoms with Crippen LogP contribution in [-0.2, 0) is 11.5 Å². The number of piperazine rings is 1. The van der Waals surface area contributed by atoms with E-state index in [2.05, 4.69) is 44.1 Å². The number of hydrogen-bond donors (Lipinski definition) is 1. The highest BCUT2D eigenvalue weighted by atomic mass is 35.5. The summed E-state index contributed by atoms with van der Waals surface area (Å²) in [6.45, 7) is 4.74. The number of carbonyl (C=O) groups is 1. The molecule has 0 aliphatic carbocycles. The van der Waals surface area contributed by atoms with Crippen LogP contribution in [0.15, 0.2) is 53.7 Å². The molecular weight excluding hydrogens is 406 g/mol. The largest absolute Gasteiger partial charge is 0.324 e. The SMILES string of the molecule is CSc1nc2ccccc2n1CN1CCN(CC(=O)Nc2ccccc2Cl)CC1. The van der Waals surface area contributed by atoms with Gasteiger partial charge in [0.05, 0.1) is 35.0 Å². The number of aromatic nitrogens is 2. The highest BCUT2D eigenvalue weighted by Crippen LogP contribution is 2.23. The van der Waals surface area contributed by atoms with E-state index in [1.807, 2.05) is 24.3 Å². The van der Waals surface area contributed by atoms with Gasteiger partial charge in [0.15, 0.2) is 5.16 Å². The fourth-order valence-corrected chi connectivity index (χ4v) is 4.34. The van der Waals surface area contributed by atoms with Crippen LogP contribution in [0.25, 0.3) is 11.0 Å². The number of anilines is 1. The van der Waals surface area contributed by atoms with Crippen LogP contribution in [0.2, 0.25) is 5.02 Å². The van der Waals surface area contributed by atoms with E-state index >= 15 is 0 Å². The minimum Gasteiger partial charge on any atom is -0.324 e. The van der Waals surface area contributed by atoms with Gasteiger partial charge in [-0.15, -0.1) is 0 Å². The lowest BCUT2D eigenvalue weighted by Gasteiger charge is -2.34. The Morgan fingerprint density at radius 1 is 1.07 bits per heavy atom. The first-order valence-electron chi connectivity index (χ1n) is 9.62. The van der Waals surface area contributed by atoms with Gasteiger partial charge in [-0.3, -0.25) is 14.6 Å². The molecule has 0 spiro atoms. The van der Waals surface area contributed by atoms with Crippen LogP contribution in [0.3, 0.4) is 0 Å². The van der Waals surface area contributed by atoms with Crippen LogP contribution >= 0.6 is 23.4 Å². The maximum Gasteiger partial charge on any atom is 0.238 e. The first kappa shape index (κ1) is 20.2. The monoisotopic (exact) mass is 429 g/mol. The molecule has 1 N–H and O–H groups in total. The smallest absolute Gasteiger partial charge is 0.238 e. The summed E-state index contributed by atoms with van der Waals surface area (Å²) in [5.74, 6) is -0.0307. The van der Waals surface area contributed by atoms with Crippen LogP contribution in [0.1, 0.15) is 0 Å². The molecule has 4 rings (SSSR count). The maximum atomic E-state index is 12.4. The molecule has 0 saturated carbocycles. The molecule has 29 heavy (non-hydrogen) atoms. The van der Waals surface area contributed by atoms with Crippen molar-refractivity contribution in [3.63, 3.8) is 0 Å². The summed E-state index contributed by atoms with van der Waals surface area (Å²) in [6.07, 6.45) is 2.06. The average molecular weight is 430 g/mol. The minimum absolute atomic E-state index is 0.0307. The fraction of sp³-hybridized carbons (Fsp3) is 0.333. The van der Waals surface area contributed by atoms with Gasteiger partial charge in [-0.05, 0) is 30.5 Å². The van der Waals surface area contributed by atoms with E-state index in [0.29, 0.717) is 17.3 Å². The first-order chi connectivity index (χ1) is 14.1. The van der Waals surface area contributed by atoms with Crippen LogP contribution in [0.5, 0.6) is 0 Å². The van der Waals surface area contributed by atoms with E-state index in [1.165, 1.54) is 5.52 Å². The first-order valence-corrected chi connectivity index (χ1v) is 11.2. The number of carbonyl (C=O) groups excluding carboxylic acids is 1. The Hall–Kier alpha value is -2.06. The van der Waals surface area contributed by atoms with Crippen molar-refractivity contribution in [2.45, 2.75) is 11.8 Å². The maximum absolute atomic E-state index is 12.4. The highest BCUT2D eigenvalue weighted by Gasteiger charge is 2.21.